The first-order valence-electron chi connectivity index (χ1n) is 9.10. The van der Waals surface area contributed by atoms with Crippen molar-refractivity contribution in [3.05, 3.63) is 77.9 Å². The first kappa shape index (κ1) is 17.4. The smallest absolute Gasteiger partial charge is 0.271 e. The normalized spacial score (nSPS) is 16.7. The number of carbonyl (C=O) groups is 1. The van der Waals surface area contributed by atoms with Crippen LogP contribution >= 0.6 is 0 Å². The number of carbonyl (C=O) groups excluding carboxylic acids is 1. The number of imidazole rings is 1. The van der Waals surface area contributed by atoms with Gasteiger partial charge in [-0.05, 0) is 31.2 Å². The molecule has 0 radical (unpaired) electrons. The monoisotopic (exact) mass is 362 g/mol. The summed E-state index contributed by atoms with van der Waals surface area (Å²) in [6.07, 6.45) is 5.38. The molecule has 0 bridgehead atoms. The molecule has 0 saturated carbocycles. The molecule has 7 heteroatoms. The molecule has 1 amide bonds. The molecule has 1 unspecified atom stereocenters. The average molecular weight is 362 g/mol. The van der Waals surface area contributed by atoms with E-state index in [2.05, 4.69) is 36.7 Å². The van der Waals surface area contributed by atoms with Crippen molar-refractivity contribution < 1.29 is 4.79 Å². The molecule has 0 fully saturated rings. The van der Waals surface area contributed by atoms with Crippen molar-refractivity contribution in [2.24, 2.45) is 0 Å². The zero-order chi connectivity index (χ0) is 18.6. The molecule has 27 heavy (non-hydrogen) atoms. The fourth-order valence-corrected chi connectivity index (χ4v) is 3.33. The maximum absolute atomic E-state index is 12.5. The lowest BCUT2D eigenvalue weighted by molar-refractivity contribution is 0.0945. The Hall–Kier alpha value is -3.06. The van der Waals surface area contributed by atoms with Gasteiger partial charge in [-0.1, -0.05) is 12.1 Å². The quantitative estimate of drug-likeness (QED) is 0.753. The third-order valence-corrected chi connectivity index (χ3v) is 4.84. The van der Waals surface area contributed by atoms with Crippen molar-refractivity contribution in [1.29, 1.82) is 0 Å². The van der Waals surface area contributed by atoms with Gasteiger partial charge in [-0.15, -0.1) is 0 Å². The minimum Gasteiger partial charge on any atom is -0.345 e. The predicted octanol–water partition coefficient (Wildman–Crippen LogP) is 2.18. The van der Waals surface area contributed by atoms with Gasteiger partial charge in [0.15, 0.2) is 0 Å². The van der Waals surface area contributed by atoms with Crippen LogP contribution in [0.15, 0.2) is 55.0 Å². The number of rotatable bonds is 5. The van der Waals surface area contributed by atoms with Crippen LogP contribution in [0.3, 0.4) is 0 Å². The summed E-state index contributed by atoms with van der Waals surface area (Å²) in [6.45, 7) is 5.00. The molecular weight excluding hydrogens is 340 g/mol. The molecule has 0 spiro atoms. The van der Waals surface area contributed by atoms with Gasteiger partial charge in [0.25, 0.3) is 5.91 Å². The second-order valence-electron chi connectivity index (χ2n) is 6.65. The third-order valence-electron chi connectivity index (χ3n) is 4.84. The van der Waals surface area contributed by atoms with Crippen LogP contribution < -0.4 is 5.32 Å². The van der Waals surface area contributed by atoms with Crippen molar-refractivity contribution in [1.82, 2.24) is 29.7 Å². The first-order valence-corrected chi connectivity index (χ1v) is 9.10. The largest absolute Gasteiger partial charge is 0.345 e. The summed E-state index contributed by atoms with van der Waals surface area (Å²) in [6, 6.07) is 11.7. The zero-order valence-corrected chi connectivity index (χ0v) is 15.2. The summed E-state index contributed by atoms with van der Waals surface area (Å²) in [5, 5.41) is 2.89. The summed E-state index contributed by atoms with van der Waals surface area (Å²) < 4.78 is 2.08. The van der Waals surface area contributed by atoms with E-state index in [1.807, 2.05) is 48.8 Å². The van der Waals surface area contributed by atoms with E-state index in [4.69, 9.17) is 0 Å². The van der Waals surface area contributed by atoms with Crippen LogP contribution in [0, 0.1) is 0 Å². The number of aromatic nitrogens is 4. The SMILES string of the molecule is CC1c2nc(C(=O)NCc3ccccn3)cn2CCN1Cc1ccccn1. The lowest BCUT2D eigenvalue weighted by atomic mass is 10.2. The van der Waals surface area contributed by atoms with Crippen LogP contribution in [0.25, 0.3) is 0 Å². The molecule has 138 valence electrons. The van der Waals surface area contributed by atoms with Crippen molar-refractivity contribution in [3.8, 4) is 0 Å². The molecule has 1 aliphatic heterocycles. The first-order chi connectivity index (χ1) is 13.2. The van der Waals surface area contributed by atoms with Gasteiger partial charge in [-0.25, -0.2) is 4.98 Å². The molecule has 7 nitrogen and oxygen atoms in total. The van der Waals surface area contributed by atoms with Gasteiger partial charge in [-0.2, -0.15) is 0 Å². The maximum atomic E-state index is 12.5. The Morgan fingerprint density at radius 3 is 2.56 bits per heavy atom. The Bertz CT molecular complexity index is 909. The number of hydrogen-bond acceptors (Lipinski definition) is 5. The van der Waals surface area contributed by atoms with E-state index in [1.54, 1.807) is 6.20 Å². The molecule has 0 saturated heterocycles. The zero-order valence-electron chi connectivity index (χ0n) is 15.2. The van der Waals surface area contributed by atoms with Crippen LogP contribution in [-0.4, -0.2) is 36.9 Å². The van der Waals surface area contributed by atoms with Gasteiger partial charge < -0.3 is 9.88 Å². The van der Waals surface area contributed by atoms with Crippen LogP contribution in [-0.2, 0) is 19.6 Å². The molecule has 1 aliphatic rings. The number of nitrogens with one attached hydrogen (secondary N) is 1. The molecule has 1 atom stereocenters. The summed E-state index contributed by atoms with van der Waals surface area (Å²) >= 11 is 0. The molecule has 0 aliphatic carbocycles. The molecular formula is C20H22N6O. The Kier molecular flexibility index (Phi) is 4.93. The Labute approximate surface area is 158 Å². The fourth-order valence-electron chi connectivity index (χ4n) is 3.33. The second kappa shape index (κ2) is 7.67. The predicted molar refractivity (Wildman–Crippen MR) is 101 cm³/mol. The summed E-state index contributed by atoms with van der Waals surface area (Å²) in [5.74, 6) is 0.742. The number of nitrogens with zero attached hydrogens (tertiary/aromatic N) is 5. The van der Waals surface area contributed by atoms with Crippen LogP contribution in [0.5, 0.6) is 0 Å². The molecule has 1 N–H and O–H groups in total. The lowest BCUT2D eigenvalue weighted by Crippen LogP contribution is -2.36. The fraction of sp³-hybridized carbons (Fsp3) is 0.300. The van der Waals surface area contributed by atoms with E-state index in [-0.39, 0.29) is 11.9 Å². The van der Waals surface area contributed by atoms with Crippen molar-refractivity contribution in [2.45, 2.75) is 32.6 Å². The molecule has 0 aromatic carbocycles. The summed E-state index contributed by atoms with van der Waals surface area (Å²) in [5.41, 5.74) is 2.31. The molecule has 4 rings (SSSR count). The molecule has 3 aromatic rings. The third kappa shape index (κ3) is 3.88. The minimum absolute atomic E-state index is 0.123. The van der Waals surface area contributed by atoms with E-state index in [0.717, 1.165) is 36.8 Å². The highest BCUT2D eigenvalue weighted by Crippen LogP contribution is 2.25. The highest BCUT2D eigenvalue weighted by molar-refractivity contribution is 5.92. The van der Waals surface area contributed by atoms with Gasteiger partial charge in [0.05, 0.1) is 24.0 Å². The molecule has 3 aromatic heterocycles. The standard InChI is InChI=1S/C20H22N6O/c1-15-19-24-18(20(27)23-12-16-6-2-4-8-21-16)14-26(19)11-10-25(15)13-17-7-3-5-9-22-17/h2-9,14-15H,10-13H2,1H3,(H,23,27). The summed E-state index contributed by atoms with van der Waals surface area (Å²) in [4.78, 5) is 28.0. The number of hydrogen-bond donors (Lipinski definition) is 1. The Morgan fingerprint density at radius 2 is 1.85 bits per heavy atom. The minimum atomic E-state index is -0.175. The summed E-state index contributed by atoms with van der Waals surface area (Å²) in [7, 11) is 0. The van der Waals surface area contributed by atoms with Gasteiger partial charge in [0.2, 0.25) is 0 Å². The number of amides is 1. The van der Waals surface area contributed by atoms with Gasteiger partial charge in [-0.3, -0.25) is 19.7 Å². The van der Waals surface area contributed by atoms with Crippen LogP contribution in [0.2, 0.25) is 0 Å². The Morgan fingerprint density at radius 1 is 1.11 bits per heavy atom. The average Bonchev–Trinajstić information content (AvgIpc) is 3.15. The van der Waals surface area contributed by atoms with Crippen molar-refractivity contribution in [2.75, 3.05) is 6.54 Å². The van der Waals surface area contributed by atoms with Crippen LogP contribution in [0.1, 0.15) is 40.7 Å². The van der Waals surface area contributed by atoms with E-state index >= 15 is 0 Å². The number of pyridine rings is 2. The van der Waals surface area contributed by atoms with Crippen molar-refractivity contribution in [3.63, 3.8) is 0 Å². The highest BCUT2D eigenvalue weighted by atomic mass is 16.1. The van der Waals surface area contributed by atoms with Gasteiger partial charge >= 0.3 is 0 Å². The maximum Gasteiger partial charge on any atom is 0.271 e. The van der Waals surface area contributed by atoms with E-state index in [9.17, 15) is 4.79 Å². The van der Waals surface area contributed by atoms with E-state index < -0.39 is 0 Å². The second-order valence-corrected chi connectivity index (χ2v) is 6.65. The van der Waals surface area contributed by atoms with Crippen LogP contribution in [0.4, 0.5) is 0 Å². The van der Waals surface area contributed by atoms with E-state index in [1.165, 1.54) is 0 Å². The van der Waals surface area contributed by atoms with Gasteiger partial charge in [0, 0.05) is 38.2 Å². The van der Waals surface area contributed by atoms with Crippen molar-refractivity contribution >= 4 is 5.91 Å². The van der Waals surface area contributed by atoms with E-state index in [0.29, 0.717) is 12.2 Å². The lowest BCUT2D eigenvalue weighted by Gasteiger charge is -2.33. The number of fused-ring (bicyclic) bond motifs is 1. The Balaban J connectivity index is 1.43. The molecule has 4 heterocycles. The van der Waals surface area contributed by atoms with Gasteiger partial charge in [0.1, 0.15) is 11.5 Å². The highest BCUT2D eigenvalue weighted by Gasteiger charge is 2.27. The topological polar surface area (TPSA) is 75.9 Å².